The number of aryl methyl sites for hydroxylation is 1. The molecule has 1 unspecified atom stereocenters. The lowest BCUT2D eigenvalue weighted by Gasteiger charge is -2.32. The molecule has 1 saturated heterocycles. The highest BCUT2D eigenvalue weighted by Gasteiger charge is 2.34. The zero-order chi connectivity index (χ0) is 20.7. The zero-order valence-corrected chi connectivity index (χ0v) is 17.7. The summed E-state index contributed by atoms with van der Waals surface area (Å²) in [6, 6.07) is 10.8. The van der Waals surface area contributed by atoms with E-state index < -0.39 is 0 Å². The van der Waals surface area contributed by atoms with E-state index in [0.717, 1.165) is 42.2 Å². The molecule has 2 fully saturated rings. The molecule has 7 nitrogen and oxygen atoms in total. The van der Waals surface area contributed by atoms with Crippen LogP contribution in [0.4, 0.5) is 0 Å². The van der Waals surface area contributed by atoms with Crippen LogP contribution in [0.25, 0.3) is 0 Å². The van der Waals surface area contributed by atoms with E-state index in [1.165, 1.54) is 18.4 Å². The summed E-state index contributed by atoms with van der Waals surface area (Å²) in [6.07, 6.45) is 6.32. The predicted molar refractivity (Wildman–Crippen MR) is 113 cm³/mol. The van der Waals surface area contributed by atoms with Crippen molar-refractivity contribution >= 4 is 5.91 Å². The van der Waals surface area contributed by atoms with Crippen LogP contribution >= 0.6 is 0 Å². The molecule has 1 saturated carbocycles. The molecule has 156 valence electrons. The summed E-state index contributed by atoms with van der Waals surface area (Å²) >= 11 is 0. The fraction of sp³-hybridized carbons (Fsp3) is 0.478. The van der Waals surface area contributed by atoms with Gasteiger partial charge in [-0.2, -0.15) is 5.10 Å². The van der Waals surface area contributed by atoms with Gasteiger partial charge in [-0.25, -0.2) is 0 Å². The molecule has 1 aliphatic heterocycles. The summed E-state index contributed by atoms with van der Waals surface area (Å²) in [7, 11) is 0. The summed E-state index contributed by atoms with van der Waals surface area (Å²) < 4.78 is 4.18. The van der Waals surface area contributed by atoms with E-state index in [9.17, 15) is 4.79 Å². The van der Waals surface area contributed by atoms with E-state index in [-0.39, 0.29) is 11.8 Å². The lowest BCUT2D eigenvalue weighted by Crippen LogP contribution is -2.40. The number of aromatic nitrogens is 5. The molecule has 2 aliphatic rings. The van der Waals surface area contributed by atoms with Crippen LogP contribution in [0.1, 0.15) is 70.8 Å². The predicted octanol–water partition coefficient (Wildman–Crippen LogP) is 3.49. The fourth-order valence-electron chi connectivity index (χ4n) is 4.63. The normalized spacial score (nSPS) is 19.3. The lowest BCUT2D eigenvalue weighted by molar-refractivity contribution is 0.0701. The van der Waals surface area contributed by atoms with Crippen LogP contribution in [0.2, 0.25) is 0 Å². The quantitative estimate of drug-likeness (QED) is 0.653. The van der Waals surface area contributed by atoms with Crippen LogP contribution in [-0.2, 0) is 6.54 Å². The van der Waals surface area contributed by atoms with E-state index in [4.69, 9.17) is 0 Å². The number of benzene rings is 1. The zero-order valence-electron chi connectivity index (χ0n) is 17.7. The van der Waals surface area contributed by atoms with E-state index in [0.29, 0.717) is 19.1 Å². The van der Waals surface area contributed by atoms with E-state index in [1.807, 2.05) is 48.0 Å². The fourth-order valence-corrected chi connectivity index (χ4v) is 4.63. The van der Waals surface area contributed by atoms with Crippen molar-refractivity contribution < 1.29 is 4.79 Å². The Morgan fingerprint density at radius 2 is 1.93 bits per heavy atom. The van der Waals surface area contributed by atoms with Crippen molar-refractivity contribution in [3.8, 4) is 0 Å². The van der Waals surface area contributed by atoms with Crippen molar-refractivity contribution in [2.75, 3.05) is 13.1 Å². The molecule has 1 atom stereocenters. The van der Waals surface area contributed by atoms with Crippen LogP contribution in [0.15, 0.2) is 36.7 Å². The van der Waals surface area contributed by atoms with Gasteiger partial charge in [-0.05, 0) is 45.1 Å². The molecule has 3 aromatic rings. The molecular formula is C23H28N6O. The molecule has 5 rings (SSSR count). The molecule has 1 aliphatic carbocycles. The maximum atomic E-state index is 13.5. The highest BCUT2D eigenvalue weighted by Crippen LogP contribution is 2.38. The lowest BCUT2D eigenvalue weighted by atomic mass is 9.96. The number of piperidine rings is 1. The SMILES string of the molecule is Cc1nn(Cc2ccccc2)c(C)c1C(=O)N1CCCC(c2nncn2C2CC2)C1. The second-order valence-electron chi connectivity index (χ2n) is 8.61. The maximum Gasteiger partial charge on any atom is 0.257 e. The topological polar surface area (TPSA) is 68.8 Å². The highest BCUT2D eigenvalue weighted by atomic mass is 16.2. The third-order valence-corrected chi connectivity index (χ3v) is 6.39. The first-order chi connectivity index (χ1) is 14.6. The summed E-state index contributed by atoms with van der Waals surface area (Å²) in [5.41, 5.74) is 3.66. The van der Waals surface area contributed by atoms with Crippen molar-refractivity contribution in [1.82, 2.24) is 29.4 Å². The van der Waals surface area contributed by atoms with Crippen molar-refractivity contribution in [2.45, 2.75) is 58.0 Å². The van der Waals surface area contributed by atoms with Gasteiger partial charge in [0, 0.05) is 30.7 Å². The van der Waals surface area contributed by atoms with Gasteiger partial charge in [-0.15, -0.1) is 10.2 Å². The van der Waals surface area contributed by atoms with Crippen LogP contribution < -0.4 is 0 Å². The molecule has 1 aromatic carbocycles. The molecular weight excluding hydrogens is 376 g/mol. The van der Waals surface area contributed by atoms with Gasteiger partial charge < -0.3 is 9.47 Å². The van der Waals surface area contributed by atoms with Crippen LogP contribution in [0, 0.1) is 13.8 Å². The molecule has 30 heavy (non-hydrogen) atoms. The Bertz CT molecular complexity index is 1050. The number of hydrogen-bond acceptors (Lipinski definition) is 4. The van der Waals surface area contributed by atoms with Crippen LogP contribution in [0.5, 0.6) is 0 Å². The van der Waals surface area contributed by atoms with Crippen molar-refractivity contribution in [3.63, 3.8) is 0 Å². The van der Waals surface area contributed by atoms with E-state index in [1.54, 1.807) is 0 Å². The number of rotatable bonds is 5. The van der Waals surface area contributed by atoms with E-state index >= 15 is 0 Å². The van der Waals surface area contributed by atoms with Gasteiger partial charge in [-0.1, -0.05) is 30.3 Å². The van der Waals surface area contributed by atoms with Crippen molar-refractivity contribution in [3.05, 3.63) is 65.0 Å². The highest BCUT2D eigenvalue weighted by molar-refractivity contribution is 5.96. The first-order valence-corrected chi connectivity index (χ1v) is 10.9. The number of carbonyl (C=O) groups is 1. The minimum Gasteiger partial charge on any atom is -0.338 e. The second-order valence-corrected chi connectivity index (χ2v) is 8.61. The average Bonchev–Trinajstić information content (AvgIpc) is 3.42. The summed E-state index contributed by atoms with van der Waals surface area (Å²) in [6.45, 7) is 6.10. The largest absolute Gasteiger partial charge is 0.338 e. The van der Waals surface area contributed by atoms with Gasteiger partial charge in [-0.3, -0.25) is 9.48 Å². The molecule has 0 bridgehead atoms. The minimum atomic E-state index is 0.0894. The molecule has 1 amide bonds. The smallest absolute Gasteiger partial charge is 0.257 e. The second kappa shape index (κ2) is 7.70. The Labute approximate surface area is 176 Å². The van der Waals surface area contributed by atoms with Crippen molar-refractivity contribution in [1.29, 1.82) is 0 Å². The van der Waals surface area contributed by atoms with Gasteiger partial charge in [0.05, 0.1) is 17.8 Å². The van der Waals surface area contributed by atoms with Gasteiger partial charge in [0.1, 0.15) is 12.2 Å². The average molecular weight is 405 g/mol. The van der Waals surface area contributed by atoms with E-state index in [2.05, 4.69) is 32.0 Å². The number of nitrogens with zero attached hydrogens (tertiary/aromatic N) is 6. The van der Waals surface area contributed by atoms with Crippen molar-refractivity contribution in [2.24, 2.45) is 0 Å². The molecule has 7 heteroatoms. The minimum absolute atomic E-state index is 0.0894. The number of likely N-dealkylation sites (tertiary alicyclic amines) is 1. The molecule has 0 spiro atoms. The molecule has 0 N–H and O–H groups in total. The summed E-state index contributed by atoms with van der Waals surface area (Å²) in [5.74, 6) is 1.39. The Balaban J connectivity index is 1.36. The summed E-state index contributed by atoms with van der Waals surface area (Å²) in [5, 5.41) is 13.2. The van der Waals surface area contributed by atoms with Gasteiger partial charge in [0.15, 0.2) is 0 Å². The van der Waals surface area contributed by atoms with Crippen LogP contribution in [-0.4, -0.2) is 48.4 Å². The molecule has 0 radical (unpaired) electrons. The van der Waals surface area contributed by atoms with Gasteiger partial charge in [0.2, 0.25) is 0 Å². The molecule has 2 aromatic heterocycles. The molecule has 3 heterocycles. The Hall–Kier alpha value is -2.96. The maximum absolute atomic E-state index is 13.5. The van der Waals surface area contributed by atoms with Gasteiger partial charge >= 0.3 is 0 Å². The first kappa shape index (κ1) is 19.0. The van der Waals surface area contributed by atoms with Crippen LogP contribution in [0.3, 0.4) is 0 Å². The Kier molecular flexibility index (Phi) is 4.89. The Morgan fingerprint density at radius 3 is 2.70 bits per heavy atom. The third-order valence-electron chi connectivity index (χ3n) is 6.39. The standard InChI is InChI=1S/C23H28N6O/c1-16-21(17(2)29(26-16)13-18-7-4-3-5-8-18)23(30)27-12-6-9-19(14-27)22-25-24-15-28(22)20-10-11-20/h3-5,7-8,15,19-20H,6,9-14H2,1-2H3. The third kappa shape index (κ3) is 3.53. The monoisotopic (exact) mass is 404 g/mol. The Morgan fingerprint density at radius 1 is 1.13 bits per heavy atom. The number of amides is 1. The number of carbonyl (C=O) groups excluding carboxylic acids is 1. The van der Waals surface area contributed by atoms with Gasteiger partial charge in [0.25, 0.3) is 5.91 Å². The summed E-state index contributed by atoms with van der Waals surface area (Å²) in [4.78, 5) is 15.5. The first-order valence-electron chi connectivity index (χ1n) is 10.9. The number of hydrogen-bond donors (Lipinski definition) is 0.